The van der Waals surface area contributed by atoms with Gasteiger partial charge in [0.05, 0.1) is 34.3 Å². The maximum absolute atomic E-state index is 9.73. The van der Waals surface area contributed by atoms with E-state index in [1.807, 2.05) is 16.8 Å². The molecule has 1 N–H and O–H groups in total. The summed E-state index contributed by atoms with van der Waals surface area (Å²) in [5, 5.41) is 16.3. The summed E-state index contributed by atoms with van der Waals surface area (Å²) in [6.45, 7) is 4.32. The van der Waals surface area contributed by atoms with Crippen molar-refractivity contribution < 1.29 is 5.11 Å². The number of aryl methyl sites for hydroxylation is 1. The van der Waals surface area contributed by atoms with Crippen LogP contribution < -0.4 is 4.90 Å². The van der Waals surface area contributed by atoms with Gasteiger partial charge in [-0.2, -0.15) is 5.10 Å². The summed E-state index contributed by atoms with van der Waals surface area (Å²) < 4.78 is 3.14. The number of fused-ring (bicyclic) bond motifs is 2. The van der Waals surface area contributed by atoms with Crippen LogP contribution in [-0.4, -0.2) is 31.4 Å². The van der Waals surface area contributed by atoms with E-state index in [0.29, 0.717) is 0 Å². The van der Waals surface area contributed by atoms with Crippen LogP contribution in [0.5, 0.6) is 0 Å². The van der Waals surface area contributed by atoms with Crippen LogP contribution in [0.25, 0.3) is 10.2 Å². The van der Waals surface area contributed by atoms with E-state index in [1.54, 1.807) is 24.6 Å². The maximum atomic E-state index is 9.73. The molecular weight excluding hydrogens is 298 g/mol. The fourth-order valence-electron chi connectivity index (χ4n) is 2.87. The quantitative estimate of drug-likeness (QED) is 0.786. The lowest BCUT2D eigenvalue weighted by atomic mass is 10.2. The number of nitrogens with zero attached hydrogens (tertiary/aromatic N) is 5. The van der Waals surface area contributed by atoms with Crippen molar-refractivity contribution in [3.8, 4) is 0 Å². The average molecular weight is 315 g/mol. The van der Waals surface area contributed by atoms with Gasteiger partial charge in [0.25, 0.3) is 0 Å². The summed E-state index contributed by atoms with van der Waals surface area (Å²) >= 11 is 1.68. The number of anilines is 1. The number of hydrogen-bond acceptors (Lipinski definition) is 6. The molecule has 1 atom stereocenters. The van der Waals surface area contributed by atoms with Crippen LogP contribution in [0, 0.1) is 0 Å². The van der Waals surface area contributed by atoms with Crippen molar-refractivity contribution in [1.82, 2.24) is 19.7 Å². The fraction of sp³-hybridized carbons (Fsp3) is 0.400. The lowest BCUT2D eigenvalue weighted by molar-refractivity contribution is 0.193. The van der Waals surface area contributed by atoms with Gasteiger partial charge in [-0.15, -0.1) is 11.3 Å². The van der Waals surface area contributed by atoms with Crippen molar-refractivity contribution in [3.05, 3.63) is 35.2 Å². The van der Waals surface area contributed by atoms with E-state index in [-0.39, 0.29) is 0 Å². The van der Waals surface area contributed by atoms with Gasteiger partial charge in [-0.25, -0.2) is 9.97 Å². The third kappa shape index (κ3) is 2.26. The van der Waals surface area contributed by atoms with Crippen molar-refractivity contribution in [2.45, 2.75) is 32.5 Å². The molecule has 4 heterocycles. The highest BCUT2D eigenvalue weighted by atomic mass is 32.1. The number of aromatic nitrogens is 4. The zero-order valence-electron chi connectivity index (χ0n) is 12.3. The molecule has 0 aliphatic carbocycles. The van der Waals surface area contributed by atoms with E-state index in [9.17, 15) is 5.11 Å². The molecule has 0 aromatic carbocycles. The standard InChI is InChI=1S/C15H17N5OS/c1-10(21)13-7-11-8-19(4-2-5-20(11)18-13)15-14-12(3-6-22-14)16-9-17-15/h3,6-7,9-10,21H,2,4-5,8H2,1H3/t10-/m0/s1. The molecule has 7 heteroatoms. The Kier molecular flexibility index (Phi) is 3.31. The molecule has 0 bridgehead atoms. The minimum absolute atomic E-state index is 0.532. The van der Waals surface area contributed by atoms with Crippen LogP contribution >= 0.6 is 11.3 Å². The fourth-order valence-corrected chi connectivity index (χ4v) is 3.73. The van der Waals surface area contributed by atoms with Crippen molar-refractivity contribution >= 4 is 27.4 Å². The highest BCUT2D eigenvalue weighted by molar-refractivity contribution is 7.17. The zero-order chi connectivity index (χ0) is 15.1. The SMILES string of the molecule is C[C@H](O)c1cc2n(n1)CCCN(c1ncnc3ccsc13)C2. The molecule has 1 aliphatic rings. The number of thiophene rings is 1. The Balaban J connectivity index is 1.72. The van der Waals surface area contributed by atoms with Gasteiger partial charge in [0, 0.05) is 13.1 Å². The van der Waals surface area contributed by atoms with Gasteiger partial charge in [0.1, 0.15) is 12.1 Å². The highest BCUT2D eigenvalue weighted by Gasteiger charge is 2.21. The molecule has 22 heavy (non-hydrogen) atoms. The van der Waals surface area contributed by atoms with Crippen molar-refractivity contribution in [1.29, 1.82) is 0 Å². The lowest BCUT2D eigenvalue weighted by Gasteiger charge is -2.21. The number of hydrogen-bond donors (Lipinski definition) is 1. The van der Waals surface area contributed by atoms with Gasteiger partial charge in [-0.1, -0.05) is 0 Å². The Bertz CT molecular complexity index is 809. The molecular formula is C15H17N5OS. The Hall–Kier alpha value is -1.99. The van der Waals surface area contributed by atoms with Crippen LogP contribution in [0.15, 0.2) is 23.8 Å². The van der Waals surface area contributed by atoms with Crippen LogP contribution in [0.2, 0.25) is 0 Å². The monoisotopic (exact) mass is 315 g/mol. The predicted octanol–water partition coefficient (Wildman–Crippen LogP) is 2.35. The van der Waals surface area contributed by atoms with Crippen molar-refractivity contribution in [3.63, 3.8) is 0 Å². The minimum Gasteiger partial charge on any atom is -0.387 e. The van der Waals surface area contributed by atoms with E-state index in [1.165, 1.54) is 0 Å². The molecule has 0 radical (unpaired) electrons. The summed E-state index contributed by atoms with van der Waals surface area (Å²) in [6.07, 6.45) is 2.11. The average Bonchev–Trinajstić information content (AvgIpc) is 3.09. The molecule has 114 valence electrons. The van der Waals surface area contributed by atoms with Crippen LogP contribution in [-0.2, 0) is 13.1 Å². The van der Waals surface area contributed by atoms with E-state index in [0.717, 1.165) is 53.5 Å². The molecule has 4 rings (SSSR count). The maximum Gasteiger partial charge on any atom is 0.150 e. The molecule has 0 unspecified atom stereocenters. The van der Waals surface area contributed by atoms with E-state index in [4.69, 9.17) is 0 Å². The van der Waals surface area contributed by atoms with Gasteiger partial charge < -0.3 is 10.0 Å². The summed E-state index contributed by atoms with van der Waals surface area (Å²) in [5.74, 6) is 0.994. The lowest BCUT2D eigenvalue weighted by Crippen LogP contribution is -2.23. The Labute approximate surface area is 132 Å². The number of rotatable bonds is 2. The first-order valence-electron chi connectivity index (χ1n) is 7.40. The molecule has 0 spiro atoms. The summed E-state index contributed by atoms with van der Waals surface area (Å²) in [6, 6.07) is 4.02. The Morgan fingerprint density at radius 3 is 3.09 bits per heavy atom. The summed E-state index contributed by atoms with van der Waals surface area (Å²) in [4.78, 5) is 11.1. The molecule has 0 saturated heterocycles. The second kappa shape index (κ2) is 5.33. The summed E-state index contributed by atoms with van der Waals surface area (Å²) in [7, 11) is 0. The van der Waals surface area contributed by atoms with Crippen LogP contribution in [0.1, 0.15) is 30.8 Å². The van der Waals surface area contributed by atoms with Gasteiger partial charge in [0.2, 0.25) is 0 Å². The third-order valence-corrected chi connectivity index (χ3v) is 4.88. The summed E-state index contributed by atoms with van der Waals surface area (Å²) in [5.41, 5.74) is 2.86. The van der Waals surface area contributed by atoms with Gasteiger partial charge in [-0.05, 0) is 30.9 Å². The Morgan fingerprint density at radius 1 is 1.32 bits per heavy atom. The molecule has 0 saturated carbocycles. The molecule has 0 fully saturated rings. The second-order valence-corrected chi connectivity index (χ2v) is 6.48. The first kappa shape index (κ1) is 13.7. The largest absolute Gasteiger partial charge is 0.387 e. The van der Waals surface area contributed by atoms with E-state index < -0.39 is 6.10 Å². The first-order valence-corrected chi connectivity index (χ1v) is 8.28. The second-order valence-electron chi connectivity index (χ2n) is 5.57. The van der Waals surface area contributed by atoms with Crippen molar-refractivity contribution in [2.75, 3.05) is 11.4 Å². The van der Waals surface area contributed by atoms with E-state index >= 15 is 0 Å². The van der Waals surface area contributed by atoms with Gasteiger partial charge in [0.15, 0.2) is 0 Å². The van der Waals surface area contributed by atoms with Crippen molar-refractivity contribution in [2.24, 2.45) is 0 Å². The topological polar surface area (TPSA) is 67.1 Å². The predicted molar refractivity (Wildman–Crippen MR) is 85.9 cm³/mol. The van der Waals surface area contributed by atoms with Gasteiger partial charge >= 0.3 is 0 Å². The smallest absolute Gasteiger partial charge is 0.150 e. The highest BCUT2D eigenvalue weighted by Crippen LogP contribution is 2.30. The zero-order valence-corrected chi connectivity index (χ0v) is 13.1. The normalized spacial score (nSPS) is 16.5. The van der Waals surface area contributed by atoms with Crippen LogP contribution in [0.3, 0.4) is 0 Å². The number of aliphatic hydroxyl groups is 1. The molecule has 6 nitrogen and oxygen atoms in total. The number of aliphatic hydroxyl groups excluding tert-OH is 1. The molecule has 0 amide bonds. The first-order chi connectivity index (χ1) is 10.7. The van der Waals surface area contributed by atoms with Crippen LogP contribution in [0.4, 0.5) is 5.82 Å². The minimum atomic E-state index is -0.532. The van der Waals surface area contributed by atoms with Gasteiger partial charge in [-0.3, -0.25) is 4.68 Å². The Morgan fingerprint density at radius 2 is 2.23 bits per heavy atom. The molecule has 1 aliphatic heterocycles. The molecule has 3 aromatic heterocycles. The van der Waals surface area contributed by atoms with E-state index in [2.05, 4.69) is 25.3 Å². The molecule has 3 aromatic rings. The third-order valence-electron chi connectivity index (χ3n) is 3.98.